The van der Waals surface area contributed by atoms with E-state index in [-0.39, 0.29) is 0 Å². The molecule has 0 N–H and O–H groups in total. The van der Waals surface area contributed by atoms with Gasteiger partial charge < -0.3 is 9.47 Å². The van der Waals surface area contributed by atoms with Crippen molar-refractivity contribution in [3.8, 4) is 17.2 Å². The predicted octanol–water partition coefficient (Wildman–Crippen LogP) is 3.59. The molecule has 0 aliphatic heterocycles. The molecular weight excluding hydrogens is 380 g/mol. The van der Waals surface area contributed by atoms with Gasteiger partial charge in [0.05, 0.1) is 6.42 Å². The summed E-state index contributed by atoms with van der Waals surface area (Å²) >= 11 is 0. The predicted molar refractivity (Wildman–Crippen MR) is 108 cm³/mol. The van der Waals surface area contributed by atoms with Crippen LogP contribution in [0.25, 0.3) is 0 Å². The fourth-order valence-corrected chi connectivity index (χ4v) is 2.28. The monoisotopic (exact) mass is 393 g/mol. The van der Waals surface area contributed by atoms with E-state index in [9.17, 15) is 4.79 Å². The SMILES string of the molecule is [N]C([N])=N[C][C][C]Oc1ccc(C(=O)[N]c2ccccc2Oc2ccccc2)cc1. The molecule has 0 fully saturated rings. The Morgan fingerprint density at radius 3 is 2.27 bits per heavy atom. The number of aliphatic imine (C=N–C) groups is 1. The van der Waals surface area contributed by atoms with Crippen LogP contribution in [-0.2, 0) is 0 Å². The molecule has 7 heteroatoms. The van der Waals surface area contributed by atoms with Gasteiger partial charge in [0.15, 0.2) is 5.75 Å². The van der Waals surface area contributed by atoms with Crippen molar-refractivity contribution in [3.05, 3.63) is 104 Å². The molecule has 0 aliphatic carbocycles. The summed E-state index contributed by atoms with van der Waals surface area (Å²) in [7, 11) is 0. The first-order chi connectivity index (χ1) is 14.6. The van der Waals surface area contributed by atoms with Gasteiger partial charge in [-0.1, -0.05) is 30.3 Å². The lowest BCUT2D eigenvalue weighted by atomic mass is 10.2. The Morgan fingerprint density at radius 1 is 0.833 bits per heavy atom. The normalized spacial score (nSPS) is 10.1. The Kier molecular flexibility index (Phi) is 7.27. The van der Waals surface area contributed by atoms with Crippen LogP contribution in [0.15, 0.2) is 83.9 Å². The van der Waals surface area contributed by atoms with E-state index < -0.39 is 11.9 Å². The van der Waals surface area contributed by atoms with Gasteiger partial charge in [-0.05, 0) is 48.5 Å². The Bertz CT molecular complexity index is 985. The van der Waals surface area contributed by atoms with Gasteiger partial charge in [0.1, 0.15) is 23.7 Å². The Morgan fingerprint density at radius 2 is 1.53 bits per heavy atom. The smallest absolute Gasteiger partial charge is 0.284 e. The summed E-state index contributed by atoms with van der Waals surface area (Å²) < 4.78 is 10.9. The Hall–Kier alpha value is -4.00. The molecule has 30 heavy (non-hydrogen) atoms. The number of benzene rings is 3. The van der Waals surface area contributed by atoms with E-state index in [2.05, 4.69) is 29.9 Å². The second kappa shape index (κ2) is 10.5. The van der Waals surface area contributed by atoms with Crippen molar-refractivity contribution >= 4 is 17.6 Å². The molecule has 3 aromatic carbocycles. The van der Waals surface area contributed by atoms with Crippen molar-refractivity contribution in [1.82, 2.24) is 16.8 Å². The van der Waals surface area contributed by atoms with Crippen LogP contribution in [0, 0.1) is 19.6 Å². The third kappa shape index (κ3) is 6.27. The van der Waals surface area contributed by atoms with Crippen LogP contribution < -0.4 is 26.3 Å². The van der Waals surface area contributed by atoms with Crippen molar-refractivity contribution in [3.63, 3.8) is 0 Å². The number of hydrogen-bond donors (Lipinski definition) is 0. The van der Waals surface area contributed by atoms with Crippen LogP contribution in [0.5, 0.6) is 17.2 Å². The quantitative estimate of drug-likeness (QED) is 0.315. The summed E-state index contributed by atoms with van der Waals surface area (Å²) in [5.74, 6) is -0.0929. The molecule has 0 bridgehead atoms. The van der Waals surface area contributed by atoms with E-state index in [1.807, 2.05) is 30.3 Å². The number of amides is 1. The minimum atomic E-state index is -1.15. The number of rotatable bonds is 9. The molecule has 3 aromatic rings. The highest BCUT2D eigenvalue weighted by atomic mass is 16.5. The number of hydrogen-bond acceptors (Lipinski definition) is 4. The van der Waals surface area contributed by atoms with Crippen molar-refractivity contribution in [2.75, 3.05) is 0 Å². The number of nitrogens with zero attached hydrogens (tertiary/aromatic N) is 4. The average molecular weight is 393 g/mol. The maximum Gasteiger partial charge on any atom is 0.284 e. The van der Waals surface area contributed by atoms with E-state index >= 15 is 0 Å². The molecule has 3 rings (SSSR count). The topological polar surface area (TPSA) is 107 Å². The van der Waals surface area contributed by atoms with Gasteiger partial charge in [-0.3, -0.25) is 4.79 Å². The van der Waals surface area contributed by atoms with Gasteiger partial charge in [-0.15, -0.1) is 11.5 Å². The summed E-state index contributed by atoms with van der Waals surface area (Å²) in [6, 6.07) is 22.4. The molecule has 0 aromatic heterocycles. The van der Waals surface area contributed by atoms with Crippen LogP contribution in [0.3, 0.4) is 0 Å². The van der Waals surface area contributed by atoms with Gasteiger partial charge in [0.2, 0.25) is 6.61 Å². The van der Waals surface area contributed by atoms with E-state index in [0.717, 1.165) is 0 Å². The lowest BCUT2D eigenvalue weighted by molar-refractivity contribution is 0.0968. The maximum absolute atomic E-state index is 12.5. The molecule has 0 saturated carbocycles. The van der Waals surface area contributed by atoms with Crippen molar-refractivity contribution in [2.45, 2.75) is 0 Å². The third-order valence-corrected chi connectivity index (χ3v) is 3.59. The fourth-order valence-electron chi connectivity index (χ4n) is 2.28. The van der Waals surface area contributed by atoms with Gasteiger partial charge in [-0.25, -0.2) is 10.3 Å². The molecule has 0 aliphatic rings. The minimum Gasteiger partial charge on any atom is -0.478 e. The summed E-state index contributed by atoms with van der Waals surface area (Å²) in [4.78, 5) is 15.6. The molecule has 0 unspecified atom stereocenters. The first-order valence-corrected chi connectivity index (χ1v) is 8.67. The van der Waals surface area contributed by atoms with E-state index in [1.54, 1.807) is 48.5 Å². The number of carbonyl (C=O) groups excluding carboxylic acids is 1. The summed E-state index contributed by atoms with van der Waals surface area (Å²) in [5, 5.41) is 4.15. The maximum atomic E-state index is 12.5. The van der Waals surface area contributed by atoms with Crippen LogP contribution in [0.2, 0.25) is 0 Å². The lowest BCUT2D eigenvalue weighted by Crippen LogP contribution is -2.11. The molecule has 0 heterocycles. The molecule has 0 spiro atoms. The average Bonchev–Trinajstić information content (AvgIpc) is 2.76. The Balaban J connectivity index is 1.58. The highest BCUT2D eigenvalue weighted by molar-refractivity contribution is 5.97. The van der Waals surface area contributed by atoms with Crippen molar-refractivity contribution in [1.29, 1.82) is 0 Å². The number of guanidine groups is 1. The zero-order chi connectivity index (χ0) is 21.2. The standard InChI is InChI=1S/C23H13N4O3/c24-23(25)26-15-6-16-29-18-13-11-17(12-14-18)22(28)27-20-9-4-5-10-21(20)30-19-7-2-1-3-8-19/h1-5,7-14H. The molecule has 143 valence electrons. The number of para-hydroxylation sites is 3. The van der Waals surface area contributed by atoms with Crippen molar-refractivity contribution in [2.24, 2.45) is 4.99 Å². The van der Waals surface area contributed by atoms with Crippen LogP contribution >= 0.6 is 0 Å². The van der Waals surface area contributed by atoms with Gasteiger partial charge in [0.25, 0.3) is 11.9 Å². The number of ether oxygens (including phenoxy) is 2. The van der Waals surface area contributed by atoms with Gasteiger partial charge >= 0.3 is 0 Å². The Labute approximate surface area is 175 Å². The molecule has 7 nitrogen and oxygen atoms in total. The third-order valence-electron chi connectivity index (χ3n) is 3.59. The van der Waals surface area contributed by atoms with E-state index in [0.29, 0.717) is 28.5 Å². The zero-order valence-corrected chi connectivity index (χ0v) is 15.5. The second-order valence-corrected chi connectivity index (χ2v) is 5.68. The summed E-state index contributed by atoms with van der Waals surface area (Å²) in [6.07, 6.45) is 2.23. The molecular formula is C23H13N4O3. The largest absolute Gasteiger partial charge is 0.478 e. The molecule has 0 saturated heterocycles. The summed E-state index contributed by atoms with van der Waals surface area (Å²) in [5.41, 5.74) is 17.6. The van der Waals surface area contributed by atoms with Gasteiger partial charge in [0, 0.05) is 5.56 Å². The molecule has 1 amide bonds. The van der Waals surface area contributed by atoms with Gasteiger partial charge in [-0.2, -0.15) is 0 Å². The van der Waals surface area contributed by atoms with E-state index in [1.165, 1.54) is 0 Å². The zero-order valence-electron chi connectivity index (χ0n) is 15.5. The highest BCUT2D eigenvalue weighted by Crippen LogP contribution is 2.29. The molecule has 11 radical (unpaired) electrons. The fraction of sp³-hybridized carbons (Fsp3) is 0. The van der Waals surface area contributed by atoms with Crippen LogP contribution in [0.4, 0.5) is 5.69 Å². The first-order valence-electron chi connectivity index (χ1n) is 8.67. The van der Waals surface area contributed by atoms with Crippen molar-refractivity contribution < 1.29 is 14.3 Å². The second-order valence-electron chi connectivity index (χ2n) is 5.68. The molecule has 0 atom stereocenters. The minimum absolute atomic E-state index is 0.359. The first kappa shape index (κ1) is 20.7. The van der Waals surface area contributed by atoms with Crippen LogP contribution in [-0.4, -0.2) is 11.9 Å². The summed E-state index contributed by atoms with van der Waals surface area (Å²) in [6.45, 7) is 4.32. The highest BCUT2D eigenvalue weighted by Gasteiger charge is 2.13. The van der Waals surface area contributed by atoms with E-state index in [4.69, 9.17) is 20.9 Å². The number of carbonyl (C=O) groups is 1. The lowest BCUT2D eigenvalue weighted by Gasteiger charge is -2.10. The van der Waals surface area contributed by atoms with Crippen LogP contribution in [0.1, 0.15) is 10.4 Å².